The Morgan fingerprint density at radius 3 is 3.04 bits per heavy atom. The number of alkyl halides is 2. The van der Waals surface area contributed by atoms with Crippen LogP contribution in [0.2, 0.25) is 0 Å². The topological polar surface area (TPSA) is 82.9 Å². The summed E-state index contributed by atoms with van der Waals surface area (Å²) >= 11 is 1.51. The average molecular weight is 370 g/mol. The Labute approximate surface area is 149 Å². The zero-order valence-corrected chi connectivity index (χ0v) is 15.1. The number of nitrogens with one attached hydrogen (secondary N) is 2. The lowest BCUT2D eigenvalue weighted by atomic mass is 10.1. The van der Waals surface area contributed by atoms with Gasteiger partial charge in [-0.3, -0.25) is 5.10 Å². The maximum Gasteiger partial charge on any atom is 0.249 e. The first-order valence-corrected chi connectivity index (χ1v) is 9.38. The van der Waals surface area contributed by atoms with E-state index in [2.05, 4.69) is 25.4 Å². The standard InChI is InChI=1S/C16H24F2N6S/c1-20-7-6-16(17,18)5-2-3-8-24-9-4-12-13(22-15(19)25-12)11-10-21-23-14(11)24/h10,20H,2-9H2,1H3,(H2,19,22)(H,21,23). The fourth-order valence-corrected chi connectivity index (χ4v) is 3.97. The predicted octanol–water partition coefficient (Wildman–Crippen LogP) is 2.89. The number of nitrogens with two attached hydrogens (primary N) is 1. The van der Waals surface area contributed by atoms with Crippen molar-refractivity contribution in [2.24, 2.45) is 0 Å². The molecule has 0 saturated heterocycles. The summed E-state index contributed by atoms with van der Waals surface area (Å²) in [7, 11) is 1.69. The zero-order valence-electron chi connectivity index (χ0n) is 14.3. The Morgan fingerprint density at radius 1 is 1.40 bits per heavy atom. The highest BCUT2D eigenvalue weighted by Crippen LogP contribution is 2.38. The number of unbranched alkanes of at least 4 members (excludes halogenated alkanes) is 1. The number of anilines is 2. The highest BCUT2D eigenvalue weighted by atomic mass is 32.1. The quantitative estimate of drug-likeness (QED) is 0.623. The van der Waals surface area contributed by atoms with Gasteiger partial charge in [0.2, 0.25) is 5.92 Å². The van der Waals surface area contributed by atoms with E-state index >= 15 is 0 Å². The number of rotatable bonds is 8. The van der Waals surface area contributed by atoms with Gasteiger partial charge in [-0.15, -0.1) is 11.3 Å². The molecule has 0 fully saturated rings. The SMILES string of the molecule is CNCCC(F)(F)CCCCN1CCc2sc(N)nc2-c2cn[nH]c21. The van der Waals surface area contributed by atoms with Crippen LogP contribution >= 0.6 is 11.3 Å². The maximum atomic E-state index is 13.7. The van der Waals surface area contributed by atoms with E-state index in [0.29, 0.717) is 18.1 Å². The van der Waals surface area contributed by atoms with Crippen LogP contribution in [0.15, 0.2) is 6.20 Å². The van der Waals surface area contributed by atoms with Crippen LogP contribution in [-0.2, 0) is 6.42 Å². The van der Waals surface area contributed by atoms with Crippen LogP contribution in [0.25, 0.3) is 11.3 Å². The van der Waals surface area contributed by atoms with Crippen molar-refractivity contribution in [3.63, 3.8) is 0 Å². The van der Waals surface area contributed by atoms with Crippen molar-refractivity contribution in [2.45, 2.75) is 38.0 Å². The lowest BCUT2D eigenvalue weighted by molar-refractivity contribution is -0.0172. The highest BCUT2D eigenvalue weighted by molar-refractivity contribution is 7.15. The van der Waals surface area contributed by atoms with Crippen LogP contribution in [0.1, 0.15) is 30.6 Å². The first kappa shape index (κ1) is 18.1. The largest absolute Gasteiger partial charge is 0.375 e. The molecular formula is C16H24F2N6S. The maximum absolute atomic E-state index is 13.7. The highest BCUT2D eigenvalue weighted by Gasteiger charge is 2.28. The van der Waals surface area contributed by atoms with E-state index in [9.17, 15) is 8.78 Å². The molecule has 1 aliphatic heterocycles. The number of nitrogens with zero attached hydrogens (tertiary/aromatic N) is 3. The first-order valence-electron chi connectivity index (χ1n) is 8.56. The molecule has 0 bridgehead atoms. The molecule has 3 heterocycles. The molecule has 4 N–H and O–H groups in total. The van der Waals surface area contributed by atoms with Gasteiger partial charge < -0.3 is 16.0 Å². The molecule has 0 aliphatic carbocycles. The fourth-order valence-electron chi connectivity index (χ4n) is 3.13. The number of H-pyrrole nitrogens is 1. The summed E-state index contributed by atoms with van der Waals surface area (Å²) in [6.07, 6.45) is 3.66. The van der Waals surface area contributed by atoms with E-state index in [1.807, 2.05) is 0 Å². The van der Waals surface area contributed by atoms with E-state index in [1.165, 1.54) is 11.3 Å². The second kappa shape index (κ2) is 7.65. The van der Waals surface area contributed by atoms with Crippen molar-refractivity contribution in [2.75, 3.05) is 37.3 Å². The van der Waals surface area contributed by atoms with Gasteiger partial charge in [-0.2, -0.15) is 5.10 Å². The van der Waals surface area contributed by atoms with Crippen LogP contribution in [0.5, 0.6) is 0 Å². The number of hydrogen-bond donors (Lipinski definition) is 3. The summed E-state index contributed by atoms with van der Waals surface area (Å²) in [6, 6.07) is 0. The van der Waals surface area contributed by atoms with Gasteiger partial charge in [0.05, 0.1) is 17.5 Å². The molecule has 0 spiro atoms. The van der Waals surface area contributed by atoms with Crippen LogP contribution < -0.4 is 16.0 Å². The Kier molecular flexibility index (Phi) is 5.53. The second-order valence-corrected chi connectivity index (χ2v) is 7.48. The molecule has 0 radical (unpaired) electrons. The van der Waals surface area contributed by atoms with E-state index in [4.69, 9.17) is 5.73 Å². The minimum Gasteiger partial charge on any atom is -0.375 e. The van der Waals surface area contributed by atoms with Gasteiger partial charge in [0.25, 0.3) is 0 Å². The molecule has 0 aromatic carbocycles. The van der Waals surface area contributed by atoms with E-state index in [-0.39, 0.29) is 12.8 Å². The summed E-state index contributed by atoms with van der Waals surface area (Å²) in [6.45, 7) is 1.87. The molecule has 9 heteroatoms. The fraction of sp³-hybridized carbons (Fsp3) is 0.625. The Hall–Kier alpha value is -1.74. The third-order valence-electron chi connectivity index (χ3n) is 4.47. The Morgan fingerprint density at radius 2 is 2.24 bits per heavy atom. The third kappa shape index (κ3) is 4.27. The van der Waals surface area contributed by atoms with E-state index < -0.39 is 5.92 Å². The number of halogens is 2. The lowest BCUT2D eigenvalue weighted by Gasteiger charge is -2.23. The molecule has 1 aliphatic rings. The number of nitrogen functional groups attached to an aromatic ring is 1. The van der Waals surface area contributed by atoms with Gasteiger partial charge in [0.15, 0.2) is 5.13 Å². The van der Waals surface area contributed by atoms with Crippen LogP contribution in [0.4, 0.5) is 19.7 Å². The Bertz CT molecular complexity index is 699. The number of thiazole rings is 1. The monoisotopic (exact) mass is 370 g/mol. The zero-order chi connectivity index (χ0) is 17.9. The van der Waals surface area contributed by atoms with E-state index in [1.54, 1.807) is 13.2 Å². The smallest absolute Gasteiger partial charge is 0.249 e. The van der Waals surface area contributed by atoms with Crippen LogP contribution in [-0.4, -0.2) is 47.8 Å². The van der Waals surface area contributed by atoms with Crippen molar-refractivity contribution in [3.05, 3.63) is 11.1 Å². The van der Waals surface area contributed by atoms with Gasteiger partial charge in [-0.1, -0.05) is 0 Å². The number of aromatic nitrogens is 3. The van der Waals surface area contributed by atoms with Gasteiger partial charge in [-0.25, -0.2) is 13.8 Å². The summed E-state index contributed by atoms with van der Waals surface area (Å²) in [4.78, 5) is 7.75. The van der Waals surface area contributed by atoms with Crippen molar-refractivity contribution in [3.8, 4) is 11.3 Å². The van der Waals surface area contributed by atoms with Crippen molar-refractivity contribution in [1.82, 2.24) is 20.5 Å². The second-order valence-electron chi connectivity index (χ2n) is 6.36. The molecular weight excluding hydrogens is 346 g/mol. The van der Waals surface area contributed by atoms with Gasteiger partial charge in [0, 0.05) is 43.8 Å². The predicted molar refractivity (Wildman–Crippen MR) is 97.4 cm³/mol. The summed E-state index contributed by atoms with van der Waals surface area (Å²) in [5.41, 5.74) is 7.67. The summed E-state index contributed by atoms with van der Waals surface area (Å²) in [5.74, 6) is -1.68. The normalized spacial score (nSPS) is 14.3. The molecule has 0 atom stereocenters. The van der Waals surface area contributed by atoms with Crippen LogP contribution in [0, 0.1) is 0 Å². The number of hydrogen-bond acceptors (Lipinski definition) is 6. The molecule has 6 nitrogen and oxygen atoms in total. The third-order valence-corrected chi connectivity index (χ3v) is 5.42. The first-order chi connectivity index (χ1) is 12.0. The van der Waals surface area contributed by atoms with E-state index in [0.717, 1.165) is 47.9 Å². The van der Waals surface area contributed by atoms with Gasteiger partial charge >= 0.3 is 0 Å². The molecule has 0 amide bonds. The molecule has 2 aromatic heterocycles. The van der Waals surface area contributed by atoms with Crippen molar-refractivity contribution < 1.29 is 8.78 Å². The van der Waals surface area contributed by atoms with Crippen molar-refractivity contribution in [1.29, 1.82) is 0 Å². The van der Waals surface area contributed by atoms with Gasteiger partial charge in [0.1, 0.15) is 5.82 Å². The number of fused-ring (bicyclic) bond motifs is 3. The minimum absolute atomic E-state index is 0.0657. The molecule has 25 heavy (non-hydrogen) atoms. The summed E-state index contributed by atoms with van der Waals surface area (Å²) < 4.78 is 27.4. The molecule has 0 unspecified atom stereocenters. The van der Waals surface area contributed by atoms with Gasteiger partial charge in [-0.05, 0) is 19.9 Å². The molecule has 0 saturated carbocycles. The molecule has 138 valence electrons. The average Bonchev–Trinajstić information content (AvgIpc) is 3.16. The molecule has 3 rings (SSSR count). The number of aromatic amines is 1. The van der Waals surface area contributed by atoms with Crippen LogP contribution in [0.3, 0.4) is 0 Å². The minimum atomic E-state index is -2.59. The lowest BCUT2D eigenvalue weighted by Crippen LogP contribution is -2.27. The summed E-state index contributed by atoms with van der Waals surface area (Å²) in [5, 5.41) is 10.5. The van der Waals surface area contributed by atoms with Crippen molar-refractivity contribution >= 4 is 22.3 Å². The Balaban J connectivity index is 1.58. The molecule has 2 aromatic rings.